The molecule has 12 heteroatoms. The maximum absolute atomic E-state index is 13.7. The second-order valence-electron chi connectivity index (χ2n) is 8.14. The molecular formula is C21H24F3N7O2. The van der Waals surface area contributed by atoms with Crippen molar-refractivity contribution in [2.45, 2.75) is 39.1 Å². The van der Waals surface area contributed by atoms with E-state index in [2.05, 4.69) is 31.2 Å². The first-order valence-corrected chi connectivity index (χ1v) is 9.92. The molecule has 0 saturated heterocycles. The van der Waals surface area contributed by atoms with Crippen LogP contribution in [0.25, 0.3) is 11.3 Å². The van der Waals surface area contributed by atoms with Crippen molar-refractivity contribution in [2.75, 3.05) is 5.32 Å². The van der Waals surface area contributed by atoms with Gasteiger partial charge < -0.3 is 10.1 Å². The molecule has 2 aromatic heterocycles. The Labute approximate surface area is 188 Å². The minimum atomic E-state index is -4.61. The molecule has 0 saturated carbocycles. The SMILES string of the molecule is Cn1cc(Nc2nccc(-c3ccc(CNNC(=O)OC(C)(C)C)c(C(F)(F)F)c3)n2)cn1. The number of aromatic nitrogens is 4. The standard InChI is InChI=1S/C21H24F3N7O2/c1-20(2,3)33-19(32)30-26-10-14-6-5-13(9-16(14)21(22,23)24)17-7-8-25-18(29-17)28-15-11-27-31(4)12-15/h5-9,11-12,26H,10H2,1-4H3,(H,30,32)(H,25,28,29). The molecule has 0 radical (unpaired) electrons. The molecule has 0 aliphatic rings. The average molecular weight is 463 g/mol. The van der Waals surface area contributed by atoms with Crippen LogP contribution in [0, 0.1) is 0 Å². The summed E-state index contributed by atoms with van der Waals surface area (Å²) < 4.78 is 47.8. The zero-order valence-corrected chi connectivity index (χ0v) is 18.5. The Morgan fingerprint density at radius 2 is 1.94 bits per heavy atom. The summed E-state index contributed by atoms with van der Waals surface area (Å²) in [6.45, 7) is 4.78. The number of anilines is 2. The molecule has 0 bridgehead atoms. The largest absolute Gasteiger partial charge is 0.443 e. The van der Waals surface area contributed by atoms with E-state index in [0.717, 1.165) is 6.07 Å². The predicted octanol–water partition coefficient (Wildman–Crippen LogP) is 4.17. The maximum atomic E-state index is 13.7. The molecule has 3 aromatic rings. The van der Waals surface area contributed by atoms with Crippen LogP contribution < -0.4 is 16.2 Å². The number of aryl methyl sites for hydroxylation is 1. The molecule has 0 atom stereocenters. The third kappa shape index (κ3) is 6.91. The number of nitrogens with one attached hydrogen (secondary N) is 3. The van der Waals surface area contributed by atoms with Gasteiger partial charge in [0, 0.05) is 31.5 Å². The maximum Gasteiger partial charge on any atom is 0.422 e. The molecule has 9 nitrogen and oxygen atoms in total. The van der Waals surface area contributed by atoms with Gasteiger partial charge in [-0.05, 0) is 38.5 Å². The monoisotopic (exact) mass is 463 g/mol. The quantitative estimate of drug-likeness (QED) is 0.471. The van der Waals surface area contributed by atoms with E-state index in [9.17, 15) is 18.0 Å². The second kappa shape index (κ2) is 9.45. The summed E-state index contributed by atoms with van der Waals surface area (Å²) >= 11 is 0. The molecule has 0 spiro atoms. The first-order valence-electron chi connectivity index (χ1n) is 9.92. The number of carbonyl (C=O) groups is 1. The number of hydrogen-bond donors (Lipinski definition) is 3. The Balaban J connectivity index is 1.78. The molecule has 3 rings (SSSR count). The normalized spacial score (nSPS) is 11.8. The minimum absolute atomic E-state index is 0.0509. The Morgan fingerprint density at radius 3 is 2.58 bits per heavy atom. The molecule has 0 aliphatic carbocycles. The summed E-state index contributed by atoms with van der Waals surface area (Å²) in [7, 11) is 1.75. The van der Waals surface area contributed by atoms with Crippen molar-refractivity contribution in [3.8, 4) is 11.3 Å². The van der Waals surface area contributed by atoms with Crippen LogP contribution in [-0.2, 0) is 24.5 Å². The number of ether oxygens (including phenoxy) is 1. The summed E-state index contributed by atoms with van der Waals surface area (Å²) in [4.78, 5) is 20.1. The molecular weight excluding hydrogens is 439 g/mol. The zero-order chi connectivity index (χ0) is 24.2. The minimum Gasteiger partial charge on any atom is -0.443 e. The molecule has 2 heterocycles. The number of alkyl halides is 3. The van der Waals surface area contributed by atoms with Crippen molar-refractivity contribution in [3.63, 3.8) is 0 Å². The van der Waals surface area contributed by atoms with Gasteiger partial charge in [0.2, 0.25) is 5.95 Å². The fourth-order valence-corrected chi connectivity index (χ4v) is 2.86. The van der Waals surface area contributed by atoms with Crippen molar-refractivity contribution in [2.24, 2.45) is 7.05 Å². The van der Waals surface area contributed by atoms with Gasteiger partial charge in [0.15, 0.2) is 0 Å². The number of hydrazine groups is 1. The van der Waals surface area contributed by atoms with Crippen LogP contribution in [0.2, 0.25) is 0 Å². The highest BCUT2D eigenvalue weighted by Gasteiger charge is 2.33. The van der Waals surface area contributed by atoms with E-state index in [1.54, 1.807) is 44.9 Å². The van der Waals surface area contributed by atoms with E-state index in [1.165, 1.54) is 24.4 Å². The number of benzene rings is 1. The lowest BCUT2D eigenvalue weighted by Gasteiger charge is -2.20. The Kier molecular flexibility index (Phi) is 6.86. The van der Waals surface area contributed by atoms with Gasteiger partial charge >= 0.3 is 12.3 Å². The van der Waals surface area contributed by atoms with Gasteiger partial charge in [-0.3, -0.25) is 10.1 Å². The molecule has 0 fully saturated rings. The van der Waals surface area contributed by atoms with Gasteiger partial charge in [0.1, 0.15) is 5.60 Å². The summed E-state index contributed by atoms with van der Waals surface area (Å²) in [5, 5.41) is 6.98. The van der Waals surface area contributed by atoms with Crippen molar-refractivity contribution in [3.05, 3.63) is 54.0 Å². The summed E-state index contributed by atoms with van der Waals surface area (Å²) in [5.41, 5.74) is 4.29. The molecule has 176 valence electrons. The predicted molar refractivity (Wildman–Crippen MR) is 115 cm³/mol. The summed E-state index contributed by atoms with van der Waals surface area (Å²) in [6.07, 6.45) is -0.658. The van der Waals surface area contributed by atoms with Crippen molar-refractivity contribution in [1.82, 2.24) is 30.6 Å². The summed E-state index contributed by atoms with van der Waals surface area (Å²) in [5.74, 6) is 0.223. The number of nitrogens with zero attached hydrogens (tertiary/aromatic N) is 4. The first kappa shape index (κ1) is 24.0. The lowest BCUT2D eigenvalue weighted by atomic mass is 10.0. The van der Waals surface area contributed by atoms with Gasteiger partial charge in [0.05, 0.1) is 23.1 Å². The highest BCUT2D eigenvalue weighted by atomic mass is 19.4. The van der Waals surface area contributed by atoms with Gasteiger partial charge in [-0.25, -0.2) is 20.2 Å². The highest BCUT2D eigenvalue weighted by molar-refractivity contribution is 5.67. The van der Waals surface area contributed by atoms with Crippen LogP contribution in [-0.4, -0.2) is 31.4 Å². The molecule has 1 amide bonds. The van der Waals surface area contributed by atoms with Crippen LogP contribution >= 0.6 is 0 Å². The van der Waals surface area contributed by atoms with Gasteiger partial charge in [-0.2, -0.15) is 18.3 Å². The molecule has 33 heavy (non-hydrogen) atoms. The summed E-state index contributed by atoms with van der Waals surface area (Å²) in [6, 6.07) is 5.39. The number of rotatable bonds is 6. The van der Waals surface area contributed by atoms with Gasteiger partial charge in [-0.15, -0.1) is 0 Å². The fraction of sp³-hybridized carbons (Fsp3) is 0.333. The lowest BCUT2D eigenvalue weighted by Crippen LogP contribution is -2.41. The van der Waals surface area contributed by atoms with Crippen LogP contribution in [0.3, 0.4) is 0 Å². The van der Waals surface area contributed by atoms with E-state index < -0.39 is 23.4 Å². The van der Waals surface area contributed by atoms with Crippen LogP contribution in [0.4, 0.5) is 29.6 Å². The number of halogens is 3. The third-order valence-electron chi connectivity index (χ3n) is 4.20. The number of carbonyl (C=O) groups excluding carboxylic acids is 1. The van der Waals surface area contributed by atoms with Crippen LogP contribution in [0.1, 0.15) is 31.9 Å². The average Bonchev–Trinajstić information content (AvgIpc) is 3.11. The first-order chi connectivity index (χ1) is 15.4. The van der Waals surface area contributed by atoms with Crippen molar-refractivity contribution >= 4 is 17.7 Å². The van der Waals surface area contributed by atoms with E-state index in [-0.39, 0.29) is 23.6 Å². The van der Waals surface area contributed by atoms with Crippen LogP contribution in [0.15, 0.2) is 42.9 Å². The van der Waals surface area contributed by atoms with Crippen molar-refractivity contribution in [1.29, 1.82) is 0 Å². The molecule has 3 N–H and O–H groups in total. The second-order valence-corrected chi connectivity index (χ2v) is 8.14. The van der Waals surface area contributed by atoms with E-state index in [1.807, 2.05) is 0 Å². The van der Waals surface area contributed by atoms with Gasteiger partial charge in [0.25, 0.3) is 0 Å². The highest BCUT2D eigenvalue weighted by Crippen LogP contribution is 2.35. The van der Waals surface area contributed by atoms with E-state index >= 15 is 0 Å². The fourth-order valence-electron chi connectivity index (χ4n) is 2.86. The molecule has 0 unspecified atom stereocenters. The Bertz CT molecular complexity index is 1120. The Hall–Kier alpha value is -3.67. The third-order valence-corrected chi connectivity index (χ3v) is 4.20. The van der Waals surface area contributed by atoms with Gasteiger partial charge in [-0.1, -0.05) is 12.1 Å². The zero-order valence-electron chi connectivity index (χ0n) is 18.5. The number of amides is 1. The van der Waals surface area contributed by atoms with Crippen molar-refractivity contribution < 1.29 is 22.7 Å². The molecule has 0 aliphatic heterocycles. The topological polar surface area (TPSA) is 106 Å². The van der Waals surface area contributed by atoms with Crippen LogP contribution in [0.5, 0.6) is 0 Å². The smallest absolute Gasteiger partial charge is 0.422 e. The van der Waals surface area contributed by atoms with E-state index in [4.69, 9.17) is 4.74 Å². The molecule has 1 aromatic carbocycles. The Morgan fingerprint density at radius 1 is 1.18 bits per heavy atom. The van der Waals surface area contributed by atoms with E-state index in [0.29, 0.717) is 11.4 Å². The lowest BCUT2D eigenvalue weighted by molar-refractivity contribution is -0.138. The number of hydrogen-bond acceptors (Lipinski definition) is 7.